The molecule has 1 aromatic carbocycles. The number of ether oxygens (including phenoxy) is 1. The van der Waals surface area contributed by atoms with Gasteiger partial charge in [-0.15, -0.1) is 0 Å². The fraction of sp³-hybridized carbons (Fsp3) is 0.647. The molecule has 20 heavy (non-hydrogen) atoms. The van der Waals surface area contributed by atoms with Gasteiger partial charge < -0.3 is 10.1 Å². The molecule has 2 rings (SSSR count). The molecule has 0 radical (unpaired) electrons. The van der Waals surface area contributed by atoms with Gasteiger partial charge in [-0.2, -0.15) is 0 Å². The Labute approximate surface area is 123 Å². The van der Waals surface area contributed by atoms with Crippen LogP contribution in [0.3, 0.4) is 0 Å². The molecule has 3 nitrogen and oxygen atoms in total. The quantitative estimate of drug-likeness (QED) is 0.894. The Morgan fingerprint density at radius 3 is 2.65 bits per heavy atom. The third kappa shape index (κ3) is 3.15. The smallest absolute Gasteiger partial charge is 0.124 e. The first-order valence-electron chi connectivity index (χ1n) is 7.65. The third-order valence-corrected chi connectivity index (χ3v) is 4.39. The van der Waals surface area contributed by atoms with Gasteiger partial charge in [-0.05, 0) is 39.4 Å². The van der Waals surface area contributed by atoms with Crippen molar-refractivity contribution in [2.24, 2.45) is 5.92 Å². The van der Waals surface area contributed by atoms with Crippen molar-refractivity contribution in [2.45, 2.75) is 45.3 Å². The molecule has 0 aromatic heterocycles. The molecule has 1 N–H and O–H groups in total. The average Bonchev–Trinajstić information content (AvgIpc) is 2.44. The summed E-state index contributed by atoms with van der Waals surface area (Å²) in [6.07, 6.45) is 1.21. The summed E-state index contributed by atoms with van der Waals surface area (Å²) in [6.45, 7) is 7.63. The van der Waals surface area contributed by atoms with Gasteiger partial charge in [0.2, 0.25) is 0 Å². The van der Waals surface area contributed by atoms with E-state index in [-0.39, 0.29) is 0 Å². The van der Waals surface area contributed by atoms with E-state index in [1.54, 1.807) is 0 Å². The fourth-order valence-corrected chi connectivity index (χ4v) is 3.22. The van der Waals surface area contributed by atoms with Gasteiger partial charge in [0.25, 0.3) is 0 Å². The summed E-state index contributed by atoms with van der Waals surface area (Å²) in [6, 6.07) is 9.63. The summed E-state index contributed by atoms with van der Waals surface area (Å²) < 4.78 is 5.96. The van der Waals surface area contributed by atoms with Crippen molar-refractivity contribution < 1.29 is 4.74 Å². The number of hydrogen-bond donors (Lipinski definition) is 1. The Hall–Kier alpha value is -1.06. The van der Waals surface area contributed by atoms with Crippen LogP contribution in [0.5, 0.6) is 5.75 Å². The number of rotatable bonds is 5. The van der Waals surface area contributed by atoms with Crippen LogP contribution in [0.1, 0.15) is 38.8 Å². The van der Waals surface area contributed by atoms with Crippen molar-refractivity contribution in [3.8, 4) is 5.75 Å². The van der Waals surface area contributed by atoms with Crippen molar-refractivity contribution >= 4 is 0 Å². The third-order valence-electron chi connectivity index (χ3n) is 4.39. The highest BCUT2D eigenvalue weighted by Gasteiger charge is 2.34. The van der Waals surface area contributed by atoms with Crippen LogP contribution in [0.15, 0.2) is 24.3 Å². The van der Waals surface area contributed by atoms with Crippen LogP contribution >= 0.6 is 0 Å². The normalized spacial score (nSPS) is 23.6. The fourth-order valence-electron chi connectivity index (χ4n) is 3.22. The second-order valence-electron chi connectivity index (χ2n) is 6.33. The van der Waals surface area contributed by atoms with Crippen molar-refractivity contribution in [1.29, 1.82) is 0 Å². The molecule has 3 unspecified atom stereocenters. The monoisotopic (exact) mass is 276 g/mol. The highest BCUT2D eigenvalue weighted by molar-refractivity contribution is 5.38. The number of benzene rings is 1. The number of para-hydroxylation sites is 1. The molecule has 0 fully saturated rings. The molecule has 3 atom stereocenters. The highest BCUT2D eigenvalue weighted by Crippen LogP contribution is 2.34. The van der Waals surface area contributed by atoms with Crippen molar-refractivity contribution in [1.82, 2.24) is 10.2 Å². The van der Waals surface area contributed by atoms with Crippen molar-refractivity contribution in [3.63, 3.8) is 0 Å². The Morgan fingerprint density at radius 2 is 2.00 bits per heavy atom. The van der Waals surface area contributed by atoms with E-state index in [2.05, 4.69) is 56.2 Å². The van der Waals surface area contributed by atoms with Gasteiger partial charge >= 0.3 is 0 Å². The lowest BCUT2D eigenvalue weighted by atomic mass is 9.93. The minimum atomic E-state index is 0.333. The first-order chi connectivity index (χ1) is 9.54. The molecule has 0 aliphatic carbocycles. The maximum atomic E-state index is 5.96. The Kier molecular flexibility index (Phi) is 5.06. The lowest BCUT2D eigenvalue weighted by molar-refractivity contribution is 0.0743. The Bertz CT molecular complexity index is 433. The first kappa shape index (κ1) is 15.3. The summed E-state index contributed by atoms with van der Waals surface area (Å²) in [5, 5.41) is 3.48. The van der Waals surface area contributed by atoms with Gasteiger partial charge in [0, 0.05) is 11.6 Å². The lowest BCUT2D eigenvalue weighted by Gasteiger charge is -2.41. The molecule has 0 bridgehead atoms. The van der Waals surface area contributed by atoms with Gasteiger partial charge in [0.1, 0.15) is 12.4 Å². The van der Waals surface area contributed by atoms with Crippen molar-refractivity contribution in [2.75, 3.05) is 20.7 Å². The predicted octanol–water partition coefficient (Wildman–Crippen LogP) is 3.07. The van der Waals surface area contributed by atoms with E-state index in [0.29, 0.717) is 18.1 Å². The van der Waals surface area contributed by atoms with E-state index in [1.807, 2.05) is 13.1 Å². The molecule has 1 heterocycles. The molecule has 1 aromatic rings. The maximum Gasteiger partial charge on any atom is 0.124 e. The van der Waals surface area contributed by atoms with E-state index in [0.717, 1.165) is 18.3 Å². The second kappa shape index (κ2) is 6.59. The van der Waals surface area contributed by atoms with Crippen LogP contribution in [-0.2, 0) is 0 Å². The van der Waals surface area contributed by atoms with E-state index in [4.69, 9.17) is 4.74 Å². The zero-order valence-electron chi connectivity index (χ0n) is 13.4. The molecule has 0 saturated heterocycles. The van der Waals surface area contributed by atoms with Crippen molar-refractivity contribution in [3.05, 3.63) is 29.8 Å². The van der Waals surface area contributed by atoms with E-state index >= 15 is 0 Å². The molecular formula is C17H28N2O. The SMILES string of the molecule is CNC1c2ccccc2OCC1N(C)C(C)CC(C)C. The molecule has 3 heteroatoms. The summed E-state index contributed by atoms with van der Waals surface area (Å²) in [5.74, 6) is 1.74. The van der Waals surface area contributed by atoms with Gasteiger partial charge in [-0.1, -0.05) is 32.0 Å². The molecule has 0 saturated carbocycles. The number of fused-ring (bicyclic) bond motifs is 1. The maximum absolute atomic E-state index is 5.96. The summed E-state index contributed by atoms with van der Waals surface area (Å²) in [7, 11) is 4.26. The molecule has 0 spiro atoms. The molecular weight excluding hydrogens is 248 g/mol. The van der Waals surface area contributed by atoms with Gasteiger partial charge in [-0.25, -0.2) is 0 Å². The molecule has 1 aliphatic rings. The molecule has 1 aliphatic heterocycles. The van der Waals surface area contributed by atoms with Gasteiger partial charge in [0.05, 0.1) is 12.1 Å². The van der Waals surface area contributed by atoms with E-state index in [1.165, 1.54) is 12.0 Å². The number of nitrogens with zero attached hydrogens (tertiary/aromatic N) is 1. The predicted molar refractivity (Wildman–Crippen MR) is 84.2 cm³/mol. The van der Waals surface area contributed by atoms with Crippen LogP contribution in [0.25, 0.3) is 0 Å². The minimum Gasteiger partial charge on any atom is -0.492 e. The summed E-state index contributed by atoms with van der Waals surface area (Å²) >= 11 is 0. The molecule has 0 amide bonds. The summed E-state index contributed by atoms with van der Waals surface area (Å²) in [4.78, 5) is 2.47. The Morgan fingerprint density at radius 1 is 1.30 bits per heavy atom. The van der Waals surface area contributed by atoms with Crippen LogP contribution in [0, 0.1) is 5.92 Å². The first-order valence-corrected chi connectivity index (χ1v) is 7.65. The van der Waals surface area contributed by atoms with Crippen LogP contribution in [0.2, 0.25) is 0 Å². The van der Waals surface area contributed by atoms with Crippen LogP contribution in [-0.4, -0.2) is 37.7 Å². The largest absolute Gasteiger partial charge is 0.492 e. The van der Waals surface area contributed by atoms with E-state index in [9.17, 15) is 0 Å². The second-order valence-corrected chi connectivity index (χ2v) is 6.33. The molecule has 112 valence electrons. The highest BCUT2D eigenvalue weighted by atomic mass is 16.5. The topological polar surface area (TPSA) is 24.5 Å². The van der Waals surface area contributed by atoms with E-state index < -0.39 is 0 Å². The minimum absolute atomic E-state index is 0.333. The van der Waals surface area contributed by atoms with Crippen LogP contribution < -0.4 is 10.1 Å². The number of hydrogen-bond acceptors (Lipinski definition) is 3. The average molecular weight is 276 g/mol. The van der Waals surface area contributed by atoms with Gasteiger partial charge in [-0.3, -0.25) is 4.90 Å². The zero-order chi connectivity index (χ0) is 14.7. The lowest BCUT2D eigenvalue weighted by Crippen LogP contribution is -2.51. The Balaban J connectivity index is 2.17. The van der Waals surface area contributed by atoms with Gasteiger partial charge in [0.15, 0.2) is 0 Å². The standard InChI is InChI=1S/C17H28N2O/c1-12(2)10-13(3)19(5)15-11-20-16-9-7-6-8-14(16)17(15)18-4/h6-9,12-13,15,17-18H,10-11H2,1-5H3. The number of nitrogens with one attached hydrogen (secondary N) is 1. The number of likely N-dealkylation sites (N-methyl/N-ethyl adjacent to an activating group) is 2. The zero-order valence-corrected chi connectivity index (χ0v) is 13.4. The van der Waals surface area contributed by atoms with Crippen LogP contribution in [0.4, 0.5) is 0 Å². The summed E-state index contributed by atoms with van der Waals surface area (Å²) in [5.41, 5.74) is 1.27.